The second-order valence-electron chi connectivity index (χ2n) is 3.22. The Morgan fingerprint density at radius 2 is 1.92 bits per heavy atom. The Balaban J connectivity index is 2.82. The number of carbonyl (C=O) groups is 1. The van der Waals surface area contributed by atoms with Crippen molar-refractivity contribution in [3.05, 3.63) is 41.5 Å². The van der Waals surface area contributed by atoms with Crippen LogP contribution in [0, 0.1) is 5.92 Å². The highest BCUT2D eigenvalue weighted by molar-refractivity contribution is 5.64. The third kappa shape index (κ3) is 2.86. The molecule has 0 aliphatic carbocycles. The van der Waals surface area contributed by atoms with Crippen molar-refractivity contribution >= 4 is 12.4 Å². The number of hydrogen-bond acceptors (Lipinski definition) is 1. The van der Waals surface area contributed by atoms with E-state index in [-0.39, 0.29) is 5.92 Å². The molecule has 0 aliphatic heterocycles. The van der Waals surface area contributed by atoms with Gasteiger partial charge in [-0.2, -0.15) is 0 Å². The van der Waals surface area contributed by atoms with Crippen molar-refractivity contribution in [3.8, 4) is 0 Å². The topological polar surface area (TPSA) is 17.1 Å². The van der Waals surface area contributed by atoms with Crippen molar-refractivity contribution in [3.63, 3.8) is 0 Å². The molecular weight excluding hydrogens is 160 g/mol. The van der Waals surface area contributed by atoms with Gasteiger partial charge in [-0.25, -0.2) is 0 Å². The molecule has 1 aromatic carbocycles. The summed E-state index contributed by atoms with van der Waals surface area (Å²) in [7, 11) is 0. The van der Waals surface area contributed by atoms with Crippen LogP contribution in [0.4, 0.5) is 0 Å². The van der Waals surface area contributed by atoms with Crippen LogP contribution in [-0.2, 0) is 4.79 Å². The molecule has 1 atom stereocenters. The fourth-order valence-corrected chi connectivity index (χ4v) is 1.05. The summed E-state index contributed by atoms with van der Waals surface area (Å²) in [5.41, 5.74) is 2.25. The first-order chi connectivity index (χ1) is 6.24. The fraction of sp³-hybridized carbons (Fsp3) is 0.250. The van der Waals surface area contributed by atoms with Crippen LogP contribution in [0.3, 0.4) is 0 Å². The minimum atomic E-state index is 0.0141. The van der Waals surface area contributed by atoms with Crippen LogP contribution in [0.1, 0.15) is 19.4 Å². The largest absolute Gasteiger partial charge is 0.303 e. The summed E-state index contributed by atoms with van der Waals surface area (Å²) < 4.78 is 0. The number of rotatable bonds is 3. The van der Waals surface area contributed by atoms with Gasteiger partial charge in [-0.1, -0.05) is 48.9 Å². The molecule has 0 unspecified atom stereocenters. The monoisotopic (exact) mass is 174 g/mol. The van der Waals surface area contributed by atoms with Crippen molar-refractivity contribution in [2.45, 2.75) is 13.8 Å². The molecule has 1 rings (SSSR count). The molecule has 1 aromatic rings. The zero-order chi connectivity index (χ0) is 9.68. The molecular formula is C12H14O. The highest BCUT2D eigenvalue weighted by atomic mass is 16.1. The van der Waals surface area contributed by atoms with Crippen molar-refractivity contribution < 1.29 is 4.79 Å². The van der Waals surface area contributed by atoms with E-state index in [1.807, 2.05) is 50.3 Å². The Bertz CT molecular complexity index is 298. The van der Waals surface area contributed by atoms with E-state index in [0.29, 0.717) is 0 Å². The highest BCUT2D eigenvalue weighted by Gasteiger charge is 2.00. The van der Waals surface area contributed by atoms with E-state index in [1.54, 1.807) is 0 Å². The molecule has 0 aliphatic rings. The predicted octanol–water partition coefficient (Wildman–Crippen LogP) is 2.92. The summed E-state index contributed by atoms with van der Waals surface area (Å²) in [5, 5.41) is 0. The van der Waals surface area contributed by atoms with Gasteiger partial charge in [0, 0.05) is 5.92 Å². The van der Waals surface area contributed by atoms with Gasteiger partial charge in [0.1, 0.15) is 6.29 Å². The number of allylic oxidation sites excluding steroid dienone is 1. The molecule has 0 radical (unpaired) electrons. The molecule has 0 amide bonds. The smallest absolute Gasteiger partial charge is 0.126 e. The fourth-order valence-electron chi connectivity index (χ4n) is 1.05. The van der Waals surface area contributed by atoms with Gasteiger partial charge in [0.05, 0.1) is 0 Å². The number of carbonyl (C=O) groups excluding carboxylic acids is 1. The zero-order valence-corrected chi connectivity index (χ0v) is 8.03. The van der Waals surface area contributed by atoms with Crippen LogP contribution in [0.5, 0.6) is 0 Å². The van der Waals surface area contributed by atoms with Gasteiger partial charge in [0.2, 0.25) is 0 Å². The molecule has 0 fully saturated rings. The minimum absolute atomic E-state index is 0.0141. The Kier molecular flexibility index (Phi) is 3.44. The number of aldehydes is 1. The maximum Gasteiger partial charge on any atom is 0.126 e. The van der Waals surface area contributed by atoms with Crippen molar-refractivity contribution in [2.75, 3.05) is 0 Å². The van der Waals surface area contributed by atoms with Crippen molar-refractivity contribution in [1.29, 1.82) is 0 Å². The lowest BCUT2D eigenvalue weighted by molar-refractivity contribution is -0.109. The van der Waals surface area contributed by atoms with Crippen LogP contribution < -0.4 is 0 Å². The summed E-state index contributed by atoms with van der Waals surface area (Å²) >= 11 is 0. The van der Waals surface area contributed by atoms with Crippen LogP contribution in [-0.4, -0.2) is 6.29 Å². The maximum absolute atomic E-state index is 10.5. The van der Waals surface area contributed by atoms with E-state index in [1.165, 1.54) is 0 Å². The standard InChI is InChI=1S/C12H14O/c1-10(11(2)9-13)8-12-6-4-3-5-7-12/h3-9,11H,1-2H3/b10-8+/t11-/m0/s1. The second kappa shape index (κ2) is 4.61. The van der Waals surface area contributed by atoms with Gasteiger partial charge in [-0.05, 0) is 12.5 Å². The first-order valence-electron chi connectivity index (χ1n) is 4.42. The average Bonchev–Trinajstić information content (AvgIpc) is 2.18. The molecule has 0 saturated heterocycles. The van der Waals surface area contributed by atoms with Gasteiger partial charge >= 0.3 is 0 Å². The lowest BCUT2D eigenvalue weighted by Crippen LogP contribution is -1.96. The predicted molar refractivity (Wildman–Crippen MR) is 55.3 cm³/mol. The molecule has 0 heterocycles. The molecule has 0 saturated carbocycles. The average molecular weight is 174 g/mol. The number of benzene rings is 1. The quantitative estimate of drug-likeness (QED) is 0.644. The van der Waals surface area contributed by atoms with Gasteiger partial charge < -0.3 is 4.79 Å². The SMILES string of the molecule is C/C(=C\c1ccccc1)[C@@H](C)C=O. The van der Waals surface area contributed by atoms with E-state index in [0.717, 1.165) is 17.4 Å². The zero-order valence-electron chi connectivity index (χ0n) is 8.03. The Labute approximate surface area is 79.1 Å². The lowest BCUT2D eigenvalue weighted by Gasteiger charge is -2.03. The molecule has 68 valence electrons. The summed E-state index contributed by atoms with van der Waals surface area (Å²) in [6.45, 7) is 3.88. The summed E-state index contributed by atoms with van der Waals surface area (Å²) in [4.78, 5) is 10.5. The third-order valence-corrected chi connectivity index (χ3v) is 2.12. The molecule has 0 N–H and O–H groups in total. The maximum atomic E-state index is 10.5. The normalized spacial score (nSPS) is 13.8. The van der Waals surface area contributed by atoms with Crippen LogP contribution >= 0.6 is 0 Å². The van der Waals surface area contributed by atoms with Gasteiger partial charge in [0.25, 0.3) is 0 Å². The first kappa shape index (κ1) is 9.72. The van der Waals surface area contributed by atoms with Crippen LogP contribution in [0.25, 0.3) is 6.08 Å². The van der Waals surface area contributed by atoms with E-state index in [9.17, 15) is 4.79 Å². The van der Waals surface area contributed by atoms with Gasteiger partial charge in [-0.15, -0.1) is 0 Å². The van der Waals surface area contributed by atoms with Gasteiger partial charge in [0.15, 0.2) is 0 Å². The molecule has 1 nitrogen and oxygen atoms in total. The van der Waals surface area contributed by atoms with Crippen molar-refractivity contribution in [2.24, 2.45) is 5.92 Å². The van der Waals surface area contributed by atoms with Crippen LogP contribution in [0.15, 0.2) is 35.9 Å². The van der Waals surface area contributed by atoms with E-state index >= 15 is 0 Å². The summed E-state index contributed by atoms with van der Waals surface area (Å²) in [5.74, 6) is 0.0141. The van der Waals surface area contributed by atoms with E-state index < -0.39 is 0 Å². The first-order valence-corrected chi connectivity index (χ1v) is 4.42. The minimum Gasteiger partial charge on any atom is -0.303 e. The molecule has 0 aromatic heterocycles. The molecule has 0 spiro atoms. The third-order valence-electron chi connectivity index (χ3n) is 2.12. The Hall–Kier alpha value is -1.37. The summed E-state index contributed by atoms with van der Waals surface area (Å²) in [6, 6.07) is 10.0. The van der Waals surface area contributed by atoms with E-state index in [4.69, 9.17) is 0 Å². The number of hydrogen-bond donors (Lipinski definition) is 0. The van der Waals surface area contributed by atoms with Crippen molar-refractivity contribution in [1.82, 2.24) is 0 Å². The van der Waals surface area contributed by atoms with Gasteiger partial charge in [-0.3, -0.25) is 0 Å². The highest BCUT2D eigenvalue weighted by Crippen LogP contribution is 2.12. The van der Waals surface area contributed by atoms with Crippen LogP contribution in [0.2, 0.25) is 0 Å². The molecule has 13 heavy (non-hydrogen) atoms. The second-order valence-corrected chi connectivity index (χ2v) is 3.22. The molecule has 1 heteroatoms. The Morgan fingerprint density at radius 3 is 2.46 bits per heavy atom. The lowest BCUT2D eigenvalue weighted by atomic mass is 10.0. The van der Waals surface area contributed by atoms with E-state index in [2.05, 4.69) is 0 Å². The Morgan fingerprint density at radius 1 is 1.31 bits per heavy atom. The summed E-state index contributed by atoms with van der Waals surface area (Å²) in [6.07, 6.45) is 3.01. The molecule has 0 bridgehead atoms.